The van der Waals surface area contributed by atoms with Crippen LogP contribution in [0.1, 0.15) is 12.0 Å². The summed E-state index contributed by atoms with van der Waals surface area (Å²) in [5, 5.41) is 0.472. The van der Waals surface area contributed by atoms with E-state index in [2.05, 4.69) is 15.9 Å². The van der Waals surface area contributed by atoms with Gasteiger partial charge in [-0.25, -0.2) is 8.78 Å². The predicted molar refractivity (Wildman–Crippen MR) is 58.9 cm³/mol. The molecule has 5 heteroatoms. The molecule has 0 radical (unpaired) electrons. The minimum Gasteiger partial charge on any atom is -0.397 e. The SMILES string of the molecule is Nc1c(Br)sc2cccc(C(F)F)c12. The first-order valence-electron chi connectivity index (χ1n) is 3.86. The van der Waals surface area contributed by atoms with Crippen LogP contribution in [0, 0.1) is 0 Å². The Bertz CT molecular complexity index is 481. The van der Waals surface area contributed by atoms with Crippen molar-refractivity contribution in [2.75, 3.05) is 5.73 Å². The Kier molecular flexibility index (Phi) is 2.45. The Morgan fingerprint density at radius 2 is 2.07 bits per heavy atom. The van der Waals surface area contributed by atoms with Crippen LogP contribution in [0.15, 0.2) is 22.0 Å². The quantitative estimate of drug-likeness (QED) is 0.831. The van der Waals surface area contributed by atoms with Crippen molar-refractivity contribution in [1.82, 2.24) is 0 Å². The molecule has 0 bridgehead atoms. The highest BCUT2D eigenvalue weighted by molar-refractivity contribution is 9.11. The van der Waals surface area contributed by atoms with Crippen molar-refractivity contribution >= 4 is 43.0 Å². The van der Waals surface area contributed by atoms with Crippen LogP contribution in [-0.2, 0) is 0 Å². The monoisotopic (exact) mass is 277 g/mol. The Hall–Kier alpha value is -0.680. The molecule has 0 unspecified atom stereocenters. The molecular formula is C9H6BrF2NS. The van der Waals surface area contributed by atoms with E-state index >= 15 is 0 Å². The van der Waals surface area contributed by atoms with Crippen molar-refractivity contribution < 1.29 is 8.78 Å². The third-order valence-electron chi connectivity index (χ3n) is 1.97. The lowest BCUT2D eigenvalue weighted by Crippen LogP contribution is -1.89. The third-order valence-corrected chi connectivity index (χ3v) is 3.85. The van der Waals surface area contributed by atoms with Crippen LogP contribution >= 0.6 is 27.3 Å². The van der Waals surface area contributed by atoms with Crippen LogP contribution in [0.25, 0.3) is 10.1 Å². The largest absolute Gasteiger partial charge is 0.397 e. The zero-order valence-electron chi connectivity index (χ0n) is 6.93. The van der Waals surface area contributed by atoms with E-state index in [4.69, 9.17) is 5.73 Å². The van der Waals surface area contributed by atoms with Gasteiger partial charge in [0, 0.05) is 15.6 Å². The molecule has 0 spiro atoms. The zero-order chi connectivity index (χ0) is 10.3. The van der Waals surface area contributed by atoms with E-state index < -0.39 is 6.43 Å². The second-order valence-corrected chi connectivity index (χ2v) is 5.18. The number of thiophene rings is 1. The maximum atomic E-state index is 12.6. The number of nitrogen functional groups attached to an aromatic ring is 1. The van der Waals surface area contributed by atoms with Crippen LogP contribution in [0.4, 0.5) is 14.5 Å². The molecule has 1 nitrogen and oxygen atoms in total. The molecule has 1 heterocycles. The van der Waals surface area contributed by atoms with Crippen LogP contribution in [0.3, 0.4) is 0 Å². The van der Waals surface area contributed by atoms with Crippen molar-refractivity contribution in [2.45, 2.75) is 6.43 Å². The number of fused-ring (bicyclic) bond motifs is 1. The lowest BCUT2D eigenvalue weighted by Gasteiger charge is -2.02. The van der Waals surface area contributed by atoms with Gasteiger partial charge in [0.2, 0.25) is 0 Å². The second kappa shape index (κ2) is 3.47. The number of benzene rings is 1. The molecule has 0 atom stereocenters. The van der Waals surface area contributed by atoms with Gasteiger partial charge in [0.25, 0.3) is 6.43 Å². The van der Waals surface area contributed by atoms with Gasteiger partial charge in [0.15, 0.2) is 0 Å². The van der Waals surface area contributed by atoms with Gasteiger partial charge in [-0.3, -0.25) is 0 Å². The highest BCUT2D eigenvalue weighted by Gasteiger charge is 2.16. The molecule has 1 aromatic heterocycles. The number of rotatable bonds is 1. The summed E-state index contributed by atoms with van der Waals surface area (Å²) in [5.74, 6) is 0. The Morgan fingerprint density at radius 1 is 1.36 bits per heavy atom. The summed E-state index contributed by atoms with van der Waals surface area (Å²) in [5.41, 5.74) is 6.11. The molecule has 2 rings (SSSR count). The van der Waals surface area contributed by atoms with E-state index in [0.29, 0.717) is 14.9 Å². The van der Waals surface area contributed by atoms with E-state index in [1.165, 1.54) is 17.4 Å². The maximum absolute atomic E-state index is 12.6. The van der Waals surface area contributed by atoms with Crippen molar-refractivity contribution in [1.29, 1.82) is 0 Å². The number of hydrogen-bond acceptors (Lipinski definition) is 2. The summed E-state index contributed by atoms with van der Waals surface area (Å²) in [6, 6.07) is 4.81. The van der Waals surface area contributed by atoms with Gasteiger partial charge in [0.05, 0.1) is 9.47 Å². The molecule has 2 N–H and O–H groups in total. The molecular weight excluding hydrogens is 272 g/mol. The number of alkyl halides is 2. The Labute approximate surface area is 91.7 Å². The molecule has 0 aliphatic heterocycles. The first-order valence-corrected chi connectivity index (χ1v) is 5.46. The molecule has 74 valence electrons. The standard InChI is InChI=1S/C9H6BrF2NS/c10-8-7(13)6-4(9(11)12)2-1-3-5(6)14-8/h1-3,9H,13H2. The molecule has 0 amide bonds. The molecule has 0 aliphatic rings. The van der Waals surface area contributed by atoms with Crippen molar-refractivity contribution in [3.63, 3.8) is 0 Å². The van der Waals surface area contributed by atoms with Gasteiger partial charge < -0.3 is 5.73 Å². The van der Waals surface area contributed by atoms with Gasteiger partial charge in [-0.05, 0) is 22.0 Å². The normalized spacial score (nSPS) is 11.4. The van der Waals surface area contributed by atoms with Crippen LogP contribution < -0.4 is 5.73 Å². The number of halogens is 3. The van der Waals surface area contributed by atoms with Gasteiger partial charge in [-0.15, -0.1) is 11.3 Å². The topological polar surface area (TPSA) is 26.0 Å². The maximum Gasteiger partial charge on any atom is 0.264 e. The molecule has 0 saturated carbocycles. The summed E-state index contributed by atoms with van der Waals surface area (Å²) in [6.45, 7) is 0. The first kappa shape index (κ1) is 9.86. The molecule has 14 heavy (non-hydrogen) atoms. The zero-order valence-corrected chi connectivity index (χ0v) is 9.33. The molecule has 2 aromatic rings. The number of hydrogen-bond donors (Lipinski definition) is 1. The predicted octanol–water partition coefficient (Wildman–Crippen LogP) is 4.18. The van der Waals surface area contributed by atoms with Gasteiger partial charge in [-0.1, -0.05) is 12.1 Å². The van der Waals surface area contributed by atoms with Crippen molar-refractivity contribution in [2.24, 2.45) is 0 Å². The van der Waals surface area contributed by atoms with E-state index in [0.717, 1.165) is 4.70 Å². The summed E-state index contributed by atoms with van der Waals surface area (Å²) in [6.07, 6.45) is -2.48. The van der Waals surface area contributed by atoms with Crippen LogP contribution in [0.5, 0.6) is 0 Å². The van der Waals surface area contributed by atoms with Gasteiger partial charge in [-0.2, -0.15) is 0 Å². The highest BCUT2D eigenvalue weighted by atomic mass is 79.9. The Morgan fingerprint density at radius 3 is 2.71 bits per heavy atom. The van der Waals surface area contributed by atoms with E-state index in [9.17, 15) is 8.78 Å². The minimum atomic E-state index is -2.48. The lowest BCUT2D eigenvalue weighted by molar-refractivity contribution is 0.153. The number of nitrogens with two attached hydrogens (primary N) is 1. The fourth-order valence-electron chi connectivity index (χ4n) is 1.35. The molecule has 1 aromatic carbocycles. The van der Waals surface area contributed by atoms with E-state index in [1.807, 2.05) is 0 Å². The minimum absolute atomic E-state index is 0.00181. The van der Waals surface area contributed by atoms with Crippen LogP contribution in [-0.4, -0.2) is 0 Å². The fraction of sp³-hybridized carbons (Fsp3) is 0.111. The number of anilines is 1. The van der Waals surface area contributed by atoms with Gasteiger partial charge >= 0.3 is 0 Å². The fourth-order valence-corrected chi connectivity index (χ4v) is 2.96. The smallest absolute Gasteiger partial charge is 0.264 e. The Balaban J connectivity index is 2.84. The summed E-state index contributed by atoms with van der Waals surface area (Å²) >= 11 is 4.61. The molecule has 0 fully saturated rings. The second-order valence-electron chi connectivity index (χ2n) is 2.81. The molecule has 0 saturated heterocycles. The summed E-state index contributed by atoms with van der Waals surface area (Å²) in [4.78, 5) is 0. The van der Waals surface area contributed by atoms with Gasteiger partial charge in [0.1, 0.15) is 0 Å². The third kappa shape index (κ3) is 1.40. The highest BCUT2D eigenvalue weighted by Crippen LogP contribution is 2.41. The lowest BCUT2D eigenvalue weighted by atomic mass is 10.1. The average Bonchev–Trinajstić information content (AvgIpc) is 2.43. The van der Waals surface area contributed by atoms with E-state index in [-0.39, 0.29) is 5.56 Å². The van der Waals surface area contributed by atoms with E-state index in [1.54, 1.807) is 12.1 Å². The summed E-state index contributed by atoms with van der Waals surface area (Å²) in [7, 11) is 0. The average molecular weight is 278 g/mol. The first-order chi connectivity index (χ1) is 6.61. The summed E-state index contributed by atoms with van der Waals surface area (Å²) < 4.78 is 26.7. The van der Waals surface area contributed by atoms with Crippen molar-refractivity contribution in [3.8, 4) is 0 Å². The van der Waals surface area contributed by atoms with Crippen molar-refractivity contribution in [3.05, 3.63) is 27.5 Å². The molecule has 0 aliphatic carbocycles. The van der Waals surface area contributed by atoms with Crippen LogP contribution in [0.2, 0.25) is 0 Å².